The molecule has 0 radical (unpaired) electrons. The Labute approximate surface area is 162 Å². The number of piperidine rings is 1. The van der Waals surface area contributed by atoms with E-state index in [2.05, 4.69) is 17.3 Å². The van der Waals surface area contributed by atoms with Crippen molar-refractivity contribution in [3.05, 3.63) is 26.6 Å². The van der Waals surface area contributed by atoms with Crippen LogP contribution < -0.4 is 5.32 Å². The van der Waals surface area contributed by atoms with Crippen molar-refractivity contribution < 1.29 is 13.2 Å². The second kappa shape index (κ2) is 6.27. The standard InChI is InChI=1S/C18H20F3IN2S/c1-24-8-5-14(17(10-24)6-7-17)23-13-4-2-3-11-12(9-18(19,20)21)16(22)25-15(11)13/h2-4,14,23H,5-10H2,1H3. The number of likely N-dealkylation sites (tertiary alicyclic amines) is 1. The van der Waals surface area contributed by atoms with Crippen molar-refractivity contribution in [2.45, 2.75) is 37.9 Å². The molecule has 0 bridgehead atoms. The highest BCUT2D eigenvalue weighted by Gasteiger charge is 2.51. The highest BCUT2D eigenvalue weighted by molar-refractivity contribution is 14.1. The van der Waals surface area contributed by atoms with Crippen LogP contribution in [0.1, 0.15) is 24.8 Å². The third-order valence-corrected chi connectivity index (χ3v) is 7.87. The van der Waals surface area contributed by atoms with E-state index < -0.39 is 12.6 Å². The van der Waals surface area contributed by atoms with Gasteiger partial charge in [0.1, 0.15) is 0 Å². The Morgan fingerprint density at radius 2 is 2.12 bits per heavy atom. The van der Waals surface area contributed by atoms with Gasteiger partial charge in [-0.2, -0.15) is 13.2 Å². The van der Waals surface area contributed by atoms with Crippen molar-refractivity contribution >= 4 is 49.7 Å². The van der Waals surface area contributed by atoms with E-state index in [1.54, 1.807) is 0 Å². The number of fused-ring (bicyclic) bond motifs is 1. The number of nitrogens with one attached hydrogen (secondary N) is 1. The molecular formula is C18H20F3IN2S. The van der Waals surface area contributed by atoms with Gasteiger partial charge in [0, 0.05) is 18.0 Å². The van der Waals surface area contributed by atoms with Crippen LogP contribution in [0.15, 0.2) is 18.2 Å². The summed E-state index contributed by atoms with van der Waals surface area (Å²) in [6, 6.07) is 6.13. The van der Waals surface area contributed by atoms with Crippen LogP contribution >= 0.6 is 33.9 Å². The van der Waals surface area contributed by atoms with Crippen LogP contribution in [0.25, 0.3) is 10.1 Å². The third-order valence-electron chi connectivity index (χ3n) is 5.49. The van der Waals surface area contributed by atoms with Crippen LogP contribution in [0, 0.1) is 8.30 Å². The summed E-state index contributed by atoms with van der Waals surface area (Å²) < 4.78 is 40.5. The van der Waals surface area contributed by atoms with Crippen LogP contribution in [0.5, 0.6) is 0 Å². The lowest BCUT2D eigenvalue weighted by Crippen LogP contribution is -2.46. The number of nitrogens with zero attached hydrogens (tertiary/aromatic N) is 1. The average Bonchev–Trinajstić information content (AvgIpc) is 3.21. The molecule has 1 spiro atoms. The fourth-order valence-corrected chi connectivity index (χ4v) is 6.25. The molecule has 2 heterocycles. The molecule has 2 aliphatic rings. The number of hydrogen-bond acceptors (Lipinski definition) is 3. The van der Waals surface area contributed by atoms with E-state index >= 15 is 0 Å². The van der Waals surface area contributed by atoms with E-state index in [0.29, 0.717) is 17.0 Å². The predicted octanol–water partition coefficient (Wildman–Crippen LogP) is 5.51. The van der Waals surface area contributed by atoms with Gasteiger partial charge in [-0.25, -0.2) is 0 Å². The monoisotopic (exact) mass is 480 g/mol. The predicted molar refractivity (Wildman–Crippen MR) is 105 cm³/mol. The number of hydrogen-bond donors (Lipinski definition) is 1. The maximum atomic E-state index is 12.9. The Hall–Kier alpha value is -0.540. The van der Waals surface area contributed by atoms with E-state index in [0.717, 1.165) is 38.2 Å². The summed E-state index contributed by atoms with van der Waals surface area (Å²) in [4.78, 5) is 2.39. The average molecular weight is 480 g/mol. The molecule has 25 heavy (non-hydrogen) atoms. The van der Waals surface area contributed by atoms with Gasteiger partial charge in [0.25, 0.3) is 0 Å². The SMILES string of the molecule is CN1CCC(Nc2cccc3c(CC(F)(F)F)c(I)sc23)C2(CC2)C1. The molecule has 4 rings (SSSR count). The maximum absolute atomic E-state index is 12.9. The molecule has 2 nitrogen and oxygen atoms in total. The molecule has 136 valence electrons. The van der Waals surface area contributed by atoms with Gasteiger partial charge in [-0.1, -0.05) is 12.1 Å². The first-order chi connectivity index (χ1) is 11.8. The van der Waals surface area contributed by atoms with Crippen LogP contribution in [-0.4, -0.2) is 37.3 Å². The molecule has 1 aliphatic carbocycles. The highest BCUT2D eigenvalue weighted by atomic mass is 127. The molecule has 2 fully saturated rings. The van der Waals surface area contributed by atoms with Crippen molar-refractivity contribution in [1.82, 2.24) is 4.90 Å². The first kappa shape index (κ1) is 17.9. The van der Waals surface area contributed by atoms with Crippen molar-refractivity contribution in [2.24, 2.45) is 5.41 Å². The summed E-state index contributed by atoms with van der Waals surface area (Å²) in [5, 5.41) is 4.44. The molecular weight excluding hydrogens is 460 g/mol. The third kappa shape index (κ3) is 3.51. The molecule has 0 amide bonds. The van der Waals surface area contributed by atoms with Gasteiger partial charge in [0.05, 0.1) is 19.7 Å². The van der Waals surface area contributed by atoms with Crippen LogP contribution in [0.4, 0.5) is 18.9 Å². The number of alkyl halides is 3. The van der Waals surface area contributed by atoms with E-state index in [9.17, 15) is 13.2 Å². The molecule has 1 aromatic carbocycles. The summed E-state index contributed by atoms with van der Waals surface area (Å²) in [6.45, 7) is 2.18. The first-order valence-electron chi connectivity index (χ1n) is 8.49. The lowest BCUT2D eigenvalue weighted by Gasteiger charge is -2.38. The first-order valence-corrected chi connectivity index (χ1v) is 10.4. The van der Waals surface area contributed by atoms with Gasteiger partial charge < -0.3 is 10.2 Å². The summed E-state index contributed by atoms with van der Waals surface area (Å²) in [5.74, 6) is 0. The number of thiophene rings is 1. The van der Waals surface area contributed by atoms with Gasteiger partial charge in [0.15, 0.2) is 0 Å². The second-order valence-electron chi connectivity index (χ2n) is 7.41. The van der Waals surface area contributed by atoms with Crippen molar-refractivity contribution in [3.8, 4) is 0 Å². The van der Waals surface area contributed by atoms with Crippen molar-refractivity contribution in [3.63, 3.8) is 0 Å². The van der Waals surface area contributed by atoms with Crippen LogP contribution in [-0.2, 0) is 6.42 Å². The second-order valence-corrected chi connectivity index (χ2v) is 10.2. The minimum absolute atomic E-state index is 0.356. The zero-order valence-corrected chi connectivity index (χ0v) is 16.9. The molecule has 1 saturated carbocycles. The van der Waals surface area contributed by atoms with E-state index in [4.69, 9.17) is 0 Å². The topological polar surface area (TPSA) is 15.3 Å². The Morgan fingerprint density at radius 1 is 1.36 bits per heavy atom. The number of anilines is 1. The fraction of sp³-hybridized carbons (Fsp3) is 0.556. The molecule has 1 atom stereocenters. The van der Waals surface area contributed by atoms with Crippen molar-refractivity contribution in [1.29, 1.82) is 0 Å². The smallest absolute Gasteiger partial charge is 0.380 e. The fourth-order valence-electron chi connectivity index (χ4n) is 4.08. The molecule has 1 aliphatic heterocycles. The Bertz CT molecular complexity index is 797. The Kier molecular flexibility index (Phi) is 4.47. The largest absolute Gasteiger partial charge is 0.393 e. The molecule has 1 saturated heterocycles. The summed E-state index contributed by atoms with van der Waals surface area (Å²) >= 11 is 3.52. The van der Waals surface area contributed by atoms with Gasteiger partial charge in [0.2, 0.25) is 0 Å². The molecule has 1 unspecified atom stereocenters. The van der Waals surface area contributed by atoms with E-state index in [1.165, 1.54) is 24.2 Å². The zero-order chi connectivity index (χ0) is 17.8. The van der Waals surface area contributed by atoms with Gasteiger partial charge in [-0.15, -0.1) is 11.3 Å². The lowest BCUT2D eigenvalue weighted by molar-refractivity contribution is -0.127. The molecule has 1 aromatic heterocycles. The molecule has 1 N–H and O–H groups in total. The zero-order valence-electron chi connectivity index (χ0n) is 13.9. The number of halogens is 4. The van der Waals surface area contributed by atoms with E-state index in [-0.39, 0.29) is 0 Å². The lowest BCUT2D eigenvalue weighted by atomic mass is 9.89. The van der Waals surface area contributed by atoms with Gasteiger partial charge in [-0.3, -0.25) is 0 Å². The Morgan fingerprint density at radius 3 is 2.80 bits per heavy atom. The molecule has 2 aromatic rings. The number of benzene rings is 1. The molecule has 7 heteroatoms. The van der Waals surface area contributed by atoms with Crippen LogP contribution in [0.2, 0.25) is 0 Å². The summed E-state index contributed by atoms with van der Waals surface area (Å²) in [7, 11) is 2.17. The highest BCUT2D eigenvalue weighted by Crippen LogP contribution is 2.53. The normalized spacial score (nSPS) is 23.3. The minimum atomic E-state index is -4.18. The van der Waals surface area contributed by atoms with E-state index in [1.807, 2.05) is 40.8 Å². The summed E-state index contributed by atoms with van der Waals surface area (Å²) in [6.07, 6.45) is -1.46. The number of rotatable bonds is 3. The minimum Gasteiger partial charge on any atom is -0.380 e. The van der Waals surface area contributed by atoms with Gasteiger partial charge in [-0.05, 0) is 72.5 Å². The van der Waals surface area contributed by atoms with Crippen molar-refractivity contribution in [2.75, 3.05) is 25.5 Å². The van der Waals surface area contributed by atoms with Gasteiger partial charge >= 0.3 is 6.18 Å². The Balaban J connectivity index is 1.66. The van der Waals surface area contributed by atoms with Crippen LogP contribution in [0.3, 0.4) is 0 Å². The quantitative estimate of drug-likeness (QED) is 0.584. The summed E-state index contributed by atoms with van der Waals surface area (Å²) in [5.41, 5.74) is 1.77. The maximum Gasteiger partial charge on any atom is 0.393 e.